The van der Waals surface area contributed by atoms with Crippen LogP contribution in [0.5, 0.6) is 0 Å². The molecule has 0 aliphatic rings. The molecule has 0 saturated heterocycles. The number of nitriles is 2. The van der Waals surface area contributed by atoms with Crippen molar-refractivity contribution in [3.05, 3.63) is 41.9 Å². The molecule has 25 heavy (non-hydrogen) atoms. The molecule has 2 aromatic rings. The molecule has 1 aromatic carbocycles. The number of carbonyl (C=O) groups is 1. The topological polar surface area (TPSA) is 93.9 Å². The highest BCUT2D eigenvalue weighted by Gasteiger charge is 2.15. The van der Waals surface area contributed by atoms with E-state index in [0.29, 0.717) is 31.2 Å². The van der Waals surface area contributed by atoms with Gasteiger partial charge in [0.25, 0.3) is 0 Å². The minimum atomic E-state index is -0.0967. The summed E-state index contributed by atoms with van der Waals surface area (Å²) >= 11 is 0. The Hall–Kier alpha value is -3.12. The van der Waals surface area contributed by atoms with Crippen LogP contribution in [0.3, 0.4) is 0 Å². The predicted octanol–water partition coefficient (Wildman–Crippen LogP) is 3.24. The van der Waals surface area contributed by atoms with Crippen LogP contribution in [0.2, 0.25) is 0 Å². The van der Waals surface area contributed by atoms with Crippen LogP contribution >= 0.6 is 0 Å². The van der Waals surface area contributed by atoms with Crippen molar-refractivity contribution in [3.8, 4) is 23.5 Å². The Balaban J connectivity index is 1.93. The highest BCUT2D eigenvalue weighted by molar-refractivity contribution is 5.76. The molecule has 128 valence electrons. The average molecular weight is 336 g/mol. The molecule has 6 heteroatoms. The Morgan fingerprint density at radius 3 is 2.40 bits per heavy atom. The van der Waals surface area contributed by atoms with Gasteiger partial charge in [-0.05, 0) is 6.92 Å². The molecular formula is C19H20N4O2. The van der Waals surface area contributed by atoms with Gasteiger partial charge >= 0.3 is 0 Å². The van der Waals surface area contributed by atoms with E-state index < -0.39 is 0 Å². The second-order valence-electron chi connectivity index (χ2n) is 5.68. The van der Waals surface area contributed by atoms with E-state index in [1.54, 1.807) is 11.1 Å². The van der Waals surface area contributed by atoms with Gasteiger partial charge in [-0.1, -0.05) is 29.8 Å². The van der Waals surface area contributed by atoms with E-state index in [4.69, 9.17) is 14.9 Å². The van der Waals surface area contributed by atoms with Crippen molar-refractivity contribution in [2.45, 2.75) is 32.6 Å². The molecule has 0 spiro atoms. The molecule has 0 N–H and O–H groups in total. The van der Waals surface area contributed by atoms with Crippen molar-refractivity contribution in [3.63, 3.8) is 0 Å². The van der Waals surface area contributed by atoms with E-state index in [1.807, 2.05) is 43.3 Å². The first kappa shape index (κ1) is 18.2. The Morgan fingerprint density at radius 2 is 1.80 bits per heavy atom. The van der Waals surface area contributed by atoms with E-state index in [1.165, 1.54) is 5.56 Å². The molecule has 1 aromatic heterocycles. The van der Waals surface area contributed by atoms with E-state index in [2.05, 4.69) is 4.98 Å². The van der Waals surface area contributed by atoms with Gasteiger partial charge in [-0.25, -0.2) is 4.98 Å². The van der Waals surface area contributed by atoms with Crippen molar-refractivity contribution in [2.24, 2.45) is 0 Å². The summed E-state index contributed by atoms with van der Waals surface area (Å²) in [6.45, 7) is 2.71. The number of carbonyl (C=O) groups excluding carboxylic acids is 1. The van der Waals surface area contributed by atoms with Crippen molar-refractivity contribution in [2.75, 3.05) is 13.1 Å². The highest BCUT2D eigenvalue weighted by Crippen LogP contribution is 2.21. The van der Waals surface area contributed by atoms with E-state index in [0.717, 1.165) is 5.56 Å². The standard InChI is InChI=1S/C19H20N4O2/c1-15-4-6-16(7-5-15)17-14-22-18(25-17)8-9-19(24)23(12-2-10-20)13-3-11-21/h4-7,14H,2-3,8-9,12-13H2,1H3. The molecule has 1 amide bonds. The first-order valence-electron chi connectivity index (χ1n) is 8.17. The maximum Gasteiger partial charge on any atom is 0.223 e. The first-order chi connectivity index (χ1) is 12.1. The lowest BCUT2D eigenvalue weighted by Gasteiger charge is -2.19. The number of rotatable bonds is 8. The third-order valence-electron chi connectivity index (χ3n) is 3.78. The van der Waals surface area contributed by atoms with E-state index in [9.17, 15) is 4.79 Å². The van der Waals surface area contributed by atoms with Gasteiger partial charge in [0.05, 0.1) is 31.2 Å². The van der Waals surface area contributed by atoms with Gasteiger partial charge in [0.1, 0.15) is 0 Å². The third-order valence-corrected chi connectivity index (χ3v) is 3.78. The first-order valence-corrected chi connectivity index (χ1v) is 8.17. The van der Waals surface area contributed by atoms with Gasteiger partial charge in [0.15, 0.2) is 11.7 Å². The lowest BCUT2D eigenvalue weighted by atomic mass is 10.1. The summed E-state index contributed by atoms with van der Waals surface area (Å²) in [7, 11) is 0. The molecule has 1 heterocycles. The van der Waals surface area contributed by atoms with Gasteiger partial charge in [0, 0.05) is 31.5 Å². The van der Waals surface area contributed by atoms with Crippen molar-refractivity contribution in [1.29, 1.82) is 10.5 Å². The molecule has 0 atom stereocenters. The maximum absolute atomic E-state index is 12.3. The van der Waals surface area contributed by atoms with Crippen LogP contribution in [0.1, 0.15) is 30.7 Å². The summed E-state index contributed by atoms with van der Waals surface area (Å²) in [5, 5.41) is 17.4. The molecule has 0 radical (unpaired) electrons. The molecule has 0 bridgehead atoms. The molecule has 0 aliphatic heterocycles. The van der Waals surface area contributed by atoms with Crippen LogP contribution < -0.4 is 0 Å². The minimum Gasteiger partial charge on any atom is -0.441 e. The number of hydrogen-bond acceptors (Lipinski definition) is 5. The molecule has 0 aliphatic carbocycles. The smallest absolute Gasteiger partial charge is 0.223 e. The molecule has 0 fully saturated rings. The quantitative estimate of drug-likeness (QED) is 0.737. The molecule has 6 nitrogen and oxygen atoms in total. The zero-order valence-electron chi connectivity index (χ0n) is 14.2. The van der Waals surface area contributed by atoms with Gasteiger partial charge in [-0.15, -0.1) is 0 Å². The second-order valence-corrected chi connectivity index (χ2v) is 5.68. The summed E-state index contributed by atoms with van der Waals surface area (Å²) < 4.78 is 5.72. The molecular weight excluding hydrogens is 316 g/mol. The summed E-state index contributed by atoms with van der Waals surface area (Å²) in [5.41, 5.74) is 2.12. The summed E-state index contributed by atoms with van der Waals surface area (Å²) in [5.74, 6) is 1.08. The monoisotopic (exact) mass is 336 g/mol. The number of aromatic nitrogens is 1. The van der Waals surface area contributed by atoms with Gasteiger partial charge < -0.3 is 9.32 Å². The van der Waals surface area contributed by atoms with Crippen LogP contribution in [0.15, 0.2) is 34.9 Å². The largest absolute Gasteiger partial charge is 0.441 e. The fraction of sp³-hybridized carbons (Fsp3) is 0.368. The average Bonchev–Trinajstić information content (AvgIpc) is 3.09. The van der Waals surface area contributed by atoms with E-state index >= 15 is 0 Å². The number of oxazole rings is 1. The van der Waals surface area contributed by atoms with E-state index in [-0.39, 0.29) is 25.2 Å². The Bertz CT molecular complexity index is 763. The van der Waals surface area contributed by atoms with Crippen LogP contribution in [-0.2, 0) is 11.2 Å². The number of aryl methyl sites for hydroxylation is 2. The Kier molecular flexibility index (Phi) is 6.74. The van der Waals surface area contributed by atoms with Crippen molar-refractivity contribution >= 4 is 5.91 Å². The maximum atomic E-state index is 12.3. The Labute approximate surface area is 147 Å². The van der Waals surface area contributed by atoms with Gasteiger partial charge in [-0.2, -0.15) is 10.5 Å². The second kappa shape index (κ2) is 9.24. The van der Waals surface area contributed by atoms with Crippen LogP contribution in [-0.4, -0.2) is 28.9 Å². The zero-order valence-corrected chi connectivity index (χ0v) is 14.2. The van der Waals surface area contributed by atoms with Crippen LogP contribution in [0.25, 0.3) is 11.3 Å². The summed E-state index contributed by atoms with van der Waals surface area (Å²) in [6.07, 6.45) is 2.81. The lowest BCUT2D eigenvalue weighted by Crippen LogP contribution is -2.32. The molecule has 2 rings (SSSR count). The van der Waals surface area contributed by atoms with Crippen molar-refractivity contribution < 1.29 is 9.21 Å². The predicted molar refractivity (Wildman–Crippen MR) is 92.0 cm³/mol. The van der Waals surface area contributed by atoms with Crippen molar-refractivity contribution in [1.82, 2.24) is 9.88 Å². The SMILES string of the molecule is Cc1ccc(-c2cnc(CCC(=O)N(CCC#N)CCC#N)o2)cc1. The van der Waals surface area contributed by atoms with Crippen LogP contribution in [0, 0.1) is 29.6 Å². The molecule has 0 saturated carbocycles. The fourth-order valence-electron chi connectivity index (χ4n) is 2.38. The van der Waals surface area contributed by atoms with Gasteiger partial charge in [-0.3, -0.25) is 4.79 Å². The third kappa shape index (κ3) is 5.47. The highest BCUT2D eigenvalue weighted by atomic mass is 16.4. The fourth-order valence-corrected chi connectivity index (χ4v) is 2.38. The number of benzene rings is 1. The minimum absolute atomic E-state index is 0.0967. The normalized spacial score (nSPS) is 10.0. The lowest BCUT2D eigenvalue weighted by molar-refractivity contribution is -0.131. The number of hydrogen-bond donors (Lipinski definition) is 0. The molecule has 0 unspecified atom stereocenters. The summed E-state index contributed by atoms with van der Waals surface area (Å²) in [4.78, 5) is 18.1. The summed E-state index contributed by atoms with van der Waals surface area (Å²) in [6, 6.07) is 12.0. The Morgan fingerprint density at radius 1 is 1.16 bits per heavy atom. The zero-order chi connectivity index (χ0) is 18.1. The van der Waals surface area contributed by atoms with Crippen LogP contribution in [0.4, 0.5) is 0 Å². The van der Waals surface area contributed by atoms with Gasteiger partial charge in [0.2, 0.25) is 5.91 Å². The number of nitrogens with zero attached hydrogens (tertiary/aromatic N) is 4. The number of amides is 1.